The van der Waals surface area contributed by atoms with Gasteiger partial charge in [-0.05, 0) is 38.5 Å². The number of nitrogens with one attached hydrogen (secondary N) is 2. The highest BCUT2D eigenvalue weighted by atomic mass is 35.5. The van der Waals surface area contributed by atoms with Crippen molar-refractivity contribution in [1.29, 1.82) is 0 Å². The van der Waals surface area contributed by atoms with Crippen molar-refractivity contribution in [1.82, 2.24) is 14.5 Å². The van der Waals surface area contributed by atoms with Crippen LogP contribution in [-0.2, 0) is 14.8 Å². The number of aryl methyl sites for hydroxylation is 3. The van der Waals surface area contributed by atoms with Gasteiger partial charge in [0, 0.05) is 17.8 Å². The van der Waals surface area contributed by atoms with E-state index in [0.717, 1.165) is 9.87 Å². The Morgan fingerprint density at radius 3 is 2.54 bits per heavy atom. The molecule has 1 aromatic heterocycles. The molecule has 0 saturated heterocycles. The molecule has 1 heterocycles. The average Bonchev–Trinajstić information content (AvgIpc) is 2.82. The predicted molar refractivity (Wildman–Crippen MR) is 92.7 cm³/mol. The number of anilines is 1. The fourth-order valence-electron chi connectivity index (χ4n) is 2.23. The second-order valence-corrected chi connectivity index (χ2v) is 7.93. The SMILES string of the molecule is Cc1ccc(NC(=O)CN(C)S(=O)(=O)c2c(C)n[nH]c2C)cc1Cl. The topological polar surface area (TPSA) is 95.2 Å². The van der Waals surface area contributed by atoms with Gasteiger partial charge in [-0.25, -0.2) is 8.42 Å². The first kappa shape index (κ1) is 18.4. The third-order valence-corrected chi connectivity index (χ3v) is 6.03. The molecular formula is C15H19ClN4O3S. The Labute approximate surface area is 146 Å². The van der Waals surface area contributed by atoms with E-state index in [1.165, 1.54) is 7.05 Å². The minimum absolute atomic E-state index is 0.0937. The van der Waals surface area contributed by atoms with Gasteiger partial charge in [0.1, 0.15) is 4.90 Å². The molecule has 9 heteroatoms. The molecule has 0 atom stereocenters. The van der Waals surface area contributed by atoms with Gasteiger partial charge in [0.25, 0.3) is 0 Å². The predicted octanol–water partition coefficient (Wildman–Crippen LogP) is 2.25. The van der Waals surface area contributed by atoms with E-state index < -0.39 is 15.9 Å². The van der Waals surface area contributed by atoms with Crippen LogP contribution < -0.4 is 5.32 Å². The van der Waals surface area contributed by atoms with Crippen LogP contribution in [0, 0.1) is 20.8 Å². The van der Waals surface area contributed by atoms with Crippen LogP contribution in [0.4, 0.5) is 5.69 Å². The number of nitrogens with zero attached hydrogens (tertiary/aromatic N) is 2. The van der Waals surface area contributed by atoms with Gasteiger partial charge >= 0.3 is 0 Å². The molecule has 0 aliphatic heterocycles. The monoisotopic (exact) mass is 370 g/mol. The third-order valence-electron chi connectivity index (χ3n) is 3.55. The summed E-state index contributed by atoms with van der Waals surface area (Å²) in [6.07, 6.45) is 0. The van der Waals surface area contributed by atoms with Crippen molar-refractivity contribution in [2.24, 2.45) is 0 Å². The van der Waals surface area contributed by atoms with Gasteiger partial charge in [0.05, 0.1) is 17.9 Å². The van der Waals surface area contributed by atoms with E-state index in [2.05, 4.69) is 15.5 Å². The molecule has 2 rings (SSSR count). The van der Waals surface area contributed by atoms with Crippen molar-refractivity contribution < 1.29 is 13.2 Å². The first-order valence-electron chi connectivity index (χ1n) is 7.17. The molecule has 2 aromatic rings. The summed E-state index contributed by atoms with van der Waals surface area (Å²) < 4.78 is 26.2. The van der Waals surface area contributed by atoms with Crippen molar-refractivity contribution in [3.63, 3.8) is 0 Å². The molecule has 24 heavy (non-hydrogen) atoms. The van der Waals surface area contributed by atoms with Crippen LogP contribution in [0.15, 0.2) is 23.1 Å². The zero-order valence-electron chi connectivity index (χ0n) is 13.8. The zero-order chi connectivity index (χ0) is 18.1. The summed E-state index contributed by atoms with van der Waals surface area (Å²) in [5.74, 6) is -0.459. The molecule has 1 aromatic carbocycles. The van der Waals surface area contributed by atoms with Crippen LogP contribution in [0.1, 0.15) is 17.0 Å². The largest absolute Gasteiger partial charge is 0.325 e. The Bertz CT molecular complexity index is 857. The van der Waals surface area contributed by atoms with Crippen molar-refractivity contribution >= 4 is 33.2 Å². The molecule has 0 fully saturated rings. The quantitative estimate of drug-likeness (QED) is 0.843. The number of sulfonamides is 1. The maximum absolute atomic E-state index is 12.6. The number of carbonyl (C=O) groups is 1. The number of rotatable bonds is 5. The number of likely N-dealkylation sites (N-methyl/N-ethyl adjacent to an activating group) is 1. The number of benzene rings is 1. The van der Waals surface area contributed by atoms with Gasteiger partial charge in [-0.1, -0.05) is 17.7 Å². The second kappa shape index (κ2) is 6.92. The summed E-state index contributed by atoms with van der Waals surface area (Å²) >= 11 is 6.01. The Morgan fingerprint density at radius 1 is 1.33 bits per heavy atom. The highest BCUT2D eigenvalue weighted by molar-refractivity contribution is 7.89. The smallest absolute Gasteiger partial charge is 0.246 e. The van der Waals surface area contributed by atoms with Crippen molar-refractivity contribution in [2.75, 3.05) is 18.9 Å². The maximum atomic E-state index is 12.6. The van der Waals surface area contributed by atoms with E-state index in [1.807, 2.05) is 6.92 Å². The Morgan fingerprint density at radius 2 is 2.00 bits per heavy atom. The normalized spacial score (nSPS) is 11.8. The first-order chi connectivity index (χ1) is 11.1. The fourth-order valence-corrected chi connectivity index (χ4v) is 3.87. The molecule has 0 aliphatic carbocycles. The van der Waals surface area contributed by atoms with Crippen LogP contribution in [-0.4, -0.2) is 42.4 Å². The molecule has 0 spiro atoms. The lowest BCUT2D eigenvalue weighted by atomic mass is 10.2. The summed E-state index contributed by atoms with van der Waals surface area (Å²) in [4.78, 5) is 12.2. The van der Waals surface area contributed by atoms with Crippen molar-refractivity contribution in [3.05, 3.63) is 40.2 Å². The summed E-state index contributed by atoms with van der Waals surface area (Å²) in [6, 6.07) is 5.10. The van der Waals surface area contributed by atoms with E-state index in [1.54, 1.807) is 32.0 Å². The van der Waals surface area contributed by atoms with Crippen molar-refractivity contribution in [2.45, 2.75) is 25.7 Å². The van der Waals surface area contributed by atoms with Crippen LogP contribution >= 0.6 is 11.6 Å². The Kier molecular flexibility index (Phi) is 5.32. The maximum Gasteiger partial charge on any atom is 0.246 e. The number of aromatic nitrogens is 2. The van der Waals surface area contributed by atoms with Crippen LogP contribution in [0.25, 0.3) is 0 Å². The minimum atomic E-state index is -3.81. The first-order valence-corrected chi connectivity index (χ1v) is 8.98. The van der Waals surface area contributed by atoms with E-state index in [0.29, 0.717) is 22.1 Å². The second-order valence-electron chi connectivity index (χ2n) is 5.54. The van der Waals surface area contributed by atoms with Crippen LogP contribution in [0.2, 0.25) is 5.02 Å². The number of amides is 1. The summed E-state index contributed by atoms with van der Waals surface area (Å²) in [5, 5.41) is 9.68. The molecule has 7 nitrogen and oxygen atoms in total. The average molecular weight is 371 g/mol. The fraction of sp³-hybridized carbons (Fsp3) is 0.333. The van der Waals surface area contributed by atoms with E-state index in [9.17, 15) is 13.2 Å². The zero-order valence-corrected chi connectivity index (χ0v) is 15.4. The van der Waals surface area contributed by atoms with Crippen molar-refractivity contribution in [3.8, 4) is 0 Å². The van der Waals surface area contributed by atoms with E-state index >= 15 is 0 Å². The van der Waals surface area contributed by atoms with E-state index in [-0.39, 0.29) is 11.4 Å². The molecule has 0 radical (unpaired) electrons. The van der Waals surface area contributed by atoms with Gasteiger partial charge in [-0.2, -0.15) is 9.40 Å². The lowest BCUT2D eigenvalue weighted by molar-refractivity contribution is -0.116. The highest BCUT2D eigenvalue weighted by Gasteiger charge is 2.28. The van der Waals surface area contributed by atoms with E-state index in [4.69, 9.17) is 11.6 Å². The number of carbonyl (C=O) groups excluding carboxylic acids is 1. The summed E-state index contributed by atoms with van der Waals surface area (Å²) in [5.41, 5.74) is 2.20. The molecule has 0 saturated carbocycles. The number of H-pyrrole nitrogens is 1. The lowest BCUT2D eigenvalue weighted by Gasteiger charge is -2.17. The third kappa shape index (κ3) is 3.77. The molecule has 0 bridgehead atoms. The summed E-state index contributed by atoms with van der Waals surface area (Å²) in [6.45, 7) is 4.75. The number of hydrogen-bond donors (Lipinski definition) is 2. The number of halogens is 1. The lowest BCUT2D eigenvalue weighted by Crippen LogP contribution is -2.35. The molecule has 130 valence electrons. The van der Waals surface area contributed by atoms with Gasteiger partial charge in [-0.3, -0.25) is 9.89 Å². The Hall–Kier alpha value is -1.90. The standard InChI is InChI=1S/C15H19ClN4O3S/c1-9-5-6-12(7-13(9)16)17-14(21)8-20(4)24(22,23)15-10(2)18-19-11(15)3/h5-7H,8H2,1-4H3,(H,17,21)(H,18,19). The summed E-state index contributed by atoms with van der Waals surface area (Å²) in [7, 11) is -2.46. The minimum Gasteiger partial charge on any atom is -0.325 e. The van der Waals surface area contributed by atoms with Gasteiger partial charge in [-0.15, -0.1) is 0 Å². The van der Waals surface area contributed by atoms with Gasteiger partial charge in [0.15, 0.2) is 0 Å². The molecule has 0 aliphatic rings. The highest BCUT2D eigenvalue weighted by Crippen LogP contribution is 2.22. The molecule has 2 N–H and O–H groups in total. The molecule has 1 amide bonds. The van der Waals surface area contributed by atoms with Crippen LogP contribution in [0.5, 0.6) is 0 Å². The van der Waals surface area contributed by atoms with Gasteiger partial charge in [0.2, 0.25) is 15.9 Å². The Balaban J connectivity index is 2.12. The number of aromatic amines is 1. The molecular weight excluding hydrogens is 352 g/mol. The molecule has 0 unspecified atom stereocenters. The van der Waals surface area contributed by atoms with Crippen LogP contribution in [0.3, 0.4) is 0 Å². The van der Waals surface area contributed by atoms with Gasteiger partial charge < -0.3 is 5.32 Å². The number of hydrogen-bond acceptors (Lipinski definition) is 4.